The molecule has 1 aromatic carbocycles. The molecule has 1 fully saturated rings. The number of nitrogen functional groups attached to an aromatic ring is 1. The fourth-order valence-electron chi connectivity index (χ4n) is 2.66. The second-order valence-electron chi connectivity index (χ2n) is 5.60. The molecule has 2 aromatic rings. The first-order valence-electron chi connectivity index (χ1n) is 6.85. The van der Waals surface area contributed by atoms with Gasteiger partial charge in [0.15, 0.2) is 5.82 Å². The molecule has 1 saturated heterocycles. The Morgan fingerprint density at radius 2 is 2.30 bits per heavy atom. The van der Waals surface area contributed by atoms with E-state index < -0.39 is 0 Å². The van der Waals surface area contributed by atoms with Crippen molar-refractivity contribution in [2.24, 2.45) is 0 Å². The van der Waals surface area contributed by atoms with Gasteiger partial charge in [0.1, 0.15) is 0 Å². The fourth-order valence-corrected chi connectivity index (χ4v) is 2.66. The molecule has 0 saturated carbocycles. The summed E-state index contributed by atoms with van der Waals surface area (Å²) in [4.78, 5) is 0. The molecular weight excluding hydrogens is 254 g/mol. The van der Waals surface area contributed by atoms with Gasteiger partial charge in [-0.3, -0.25) is 0 Å². The van der Waals surface area contributed by atoms with Crippen LogP contribution in [0.4, 0.5) is 5.69 Å². The molecule has 1 unspecified atom stereocenters. The zero-order chi connectivity index (χ0) is 14.2. The average molecular weight is 273 g/mol. The number of benzene rings is 1. The first-order chi connectivity index (χ1) is 9.59. The van der Waals surface area contributed by atoms with E-state index in [-0.39, 0.29) is 5.60 Å². The van der Waals surface area contributed by atoms with Gasteiger partial charge in [-0.25, -0.2) is 4.68 Å². The Bertz CT molecular complexity index is 616. The van der Waals surface area contributed by atoms with E-state index in [1.807, 2.05) is 25.1 Å². The van der Waals surface area contributed by atoms with Crippen LogP contribution in [0, 0.1) is 6.92 Å². The number of hydrogen-bond acceptors (Lipinski definition) is 5. The van der Waals surface area contributed by atoms with E-state index in [0.717, 1.165) is 36.3 Å². The molecule has 6 nitrogen and oxygen atoms in total. The molecule has 0 amide bonds. The summed E-state index contributed by atoms with van der Waals surface area (Å²) in [5, 5.41) is 12.0. The van der Waals surface area contributed by atoms with Gasteiger partial charge in [-0.15, -0.1) is 5.10 Å². The predicted octanol–water partition coefficient (Wildman–Crippen LogP) is 1.80. The highest BCUT2D eigenvalue weighted by Gasteiger charge is 2.32. The first kappa shape index (κ1) is 13.1. The SMILES string of the molecule is Cc1cccc(-c2nnnn2CC2(C)CCCO2)c1N. The maximum Gasteiger partial charge on any atom is 0.184 e. The Kier molecular flexibility index (Phi) is 3.17. The van der Waals surface area contributed by atoms with E-state index in [1.54, 1.807) is 4.68 Å². The van der Waals surface area contributed by atoms with Crippen LogP contribution in [-0.2, 0) is 11.3 Å². The van der Waals surface area contributed by atoms with Crippen molar-refractivity contribution in [3.8, 4) is 11.4 Å². The smallest absolute Gasteiger partial charge is 0.184 e. The topological polar surface area (TPSA) is 78.8 Å². The highest BCUT2D eigenvalue weighted by molar-refractivity contribution is 5.73. The van der Waals surface area contributed by atoms with Crippen molar-refractivity contribution in [1.29, 1.82) is 0 Å². The van der Waals surface area contributed by atoms with E-state index in [1.165, 1.54) is 0 Å². The number of aromatic nitrogens is 4. The van der Waals surface area contributed by atoms with Crippen LogP contribution in [0.2, 0.25) is 0 Å². The Morgan fingerprint density at radius 3 is 3.05 bits per heavy atom. The van der Waals surface area contributed by atoms with Crippen LogP contribution < -0.4 is 5.73 Å². The molecule has 2 N–H and O–H groups in total. The molecular formula is C14H19N5O. The van der Waals surface area contributed by atoms with Gasteiger partial charge in [0.05, 0.1) is 12.1 Å². The van der Waals surface area contributed by atoms with Gasteiger partial charge in [-0.2, -0.15) is 0 Å². The Labute approximate surface area is 117 Å². The van der Waals surface area contributed by atoms with Gasteiger partial charge in [0, 0.05) is 17.9 Å². The lowest BCUT2D eigenvalue weighted by Gasteiger charge is -2.23. The molecule has 0 radical (unpaired) electrons. The second kappa shape index (κ2) is 4.86. The Hall–Kier alpha value is -1.95. The van der Waals surface area contributed by atoms with Crippen LogP contribution in [0.25, 0.3) is 11.4 Å². The lowest BCUT2D eigenvalue weighted by molar-refractivity contribution is 0.00356. The van der Waals surface area contributed by atoms with Crippen molar-refractivity contribution < 1.29 is 4.74 Å². The number of rotatable bonds is 3. The number of hydrogen-bond donors (Lipinski definition) is 1. The van der Waals surface area contributed by atoms with E-state index in [9.17, 15) is 0 Å². The van der Waals surface area contributed by atoms with Gasteiger partial charge in [-0.1, -0.05) is 12.1 Å². The van der Waals surface area contributed by atoms with Gasteiger partial charge in [0.2, 0.25) is 0 Å². The number of aryl methyl sites for hydroxylation is 1. The average Bonchev–Trinajstić information content (AvgIpc) is 3.03. The standard InChI is InChI=1S/C14H19N5O/c1-10-5-3-6-11(12(10)15)13-16-17-18-19(13)9-14(2)7-4-8-20-14/h3,5-6H,4,7-9,15H2,1-2H3. The molecule has 0 bridgehead atoms. The molecule has 2 heterocycles. The van der Waals surface area contributed by atoms with Crippen molar-refractivity contribution in [2.45, 2.75) is 38.8 Å². The number of nitrogens with two attached hydrogens (primary N) is 1. The zero-order valence-electron chi connectivity index (χ0n) is 11.8. The molecule has 20 heavy (non-hydrogen) atoms. The number of nitrogens with zero attached hydrogens (tertiary/aromatic N) is 4. The summed E-state index contributed by atoms with van der Waals surface area (Å²) in [6.07, 6.45) is 2.11. The van der Waals surface area contributed by atoms with E-state index in [0.29, 0.717) is 12.4 Å². The maximum absolute atomic E-state index is 6.14. The van der Waals surface area contributed by atoms with Crippen LogP contribution >= 0.6 is 0 Å². The molecule has 1 atom stereocenters. The van der Waals surface area contributed by atoms with Gasteiger partial charge < -0.3 is 10.5 Å². The first-order valence-corrected chi connectivity index (χ1v) is 6.85. The van der Waals surface area contributed by atoms with Crippen molar-refractivity contribution in [3.63, 3.8) is 0 Å². The highest BCUT2D eigenvalue weighted by Crippen LogP contribution is 2.30. The second-order valence-corrected chi connectivity index (χ2v) is 5.60. The summed E-state index contributed by atoms with van der Waals surface area (Å²) in [5.41, 5.74) is 8.58. The minimum Gasteiger partial charge on any atom is -0.398 e. The summed E-state index contributed by atoms with van der Waals surface area (Å²) in [7, 11) is 0. The summed E-state index contributed by atoms with van der Waals surface area (Å²) < 4.78 is 7.60. The largest absolute Gasteiger partial charge is 0.398 e. The lowest BCUT2D eigenvalue weighted by atomic mass is 10.0. The van der Waals surface area contributed by atoms with Crippen molar-refractivity contribution in [2.75, 3.05) is 12.3 Å². The van der Waals surface area contributed by atoms with Crippen molar-refractivity contribution in [1.82, 2.24) is 20.2 Å². The Morgan fingerprint density at radius 1 is 1.45 bits per heavy atom. The predicted molar refractivity (Wildman–Crippen MR) is 76.0 cm³/mol. The van der Waals surface area contributed by atoms with Crippen LogP contribution in [0.15, 0.2) is 18.2 Å². The van der Waals surface area contributed by atoms with Crippen LogP contribution in [0.1, 0.15) is 25.3 Å². The summed E-state index contributed by atoms with van der Waals surface area (Å²) >= 11 is 0. The van der Waals surface area contributed by atoms with E-state index >= 15 is 0 Å². The summed E-state index contributed by atoms with van der Waals surface area (Å²) in [6, 6.07) is 5.89. The minimum atomic E-state index is -0.192. The molecule has 6 heteroatoms. The number of tetrazole rings is 1. The van der Waals surface area contributed by atoms with E-state index in [4.69, 9.17) is 10.5 Å². The normalized spacial score (nSPS) is 22.3. The third kappa shape index (κ3) is 2.27. The third-order valence-corrected chi connectivity index (χ3v) is 3.88. The monoisotopic (exact) mass is 273 g/mol. The fraction of sp³-hybridized carbons (Fsp3) is 0.500. The van der Waals surface area contributed by atoms with Crippen LogP contribution in [0.3, 0.4) is 0 Å². The molecule has 0 spiro atoms. The molecule has 0 aliphatic carbocycles. The van der Waals surface area contributed by atoms with Gasteiger partial charge >= 0.3 is 0 Å². The molecule has 1 aliphatic rings. The number of anilines is 1. The highest BCUT2D eigenvalue weighted by atomic mass is 16.5. The quantitative estimate of drug-likeness (QED) is 0.863. The third-order valence-electron chi connectivity index (χ3n) is 3.88. The van der Waals surface area contributed by atoms with Crippen LogP contribution in [0.5, 0.6) is 0 Å². The molecule has 1 aliphatic heterocycles. The molecule has 106 valence electrons. The van der Waals surface area contributed by atoms with Crippen LogP contribution in [-0.4, -0.2) is 32.4 Å². The number of para-hydroxylation sites is 1. The lowest BCUT2D eigenvalue weighted by Crippen LogP contribution is -2.30. The van der Waals surface area contributed by atoms with Crippen molar-refractivity contribution in [3.05, 3.63) is 23.8 Å². The van der Waals surface area contributed by atoms with E-state index in [2.05, 4.69) is 22.4 Å². The summed E-state index contributed by atoms with van der Waals surface area (Å²) in [6.45, 7) is 5.53. The molecule has 1 aromatic heterocycles. The Balaban J connectivity index is 1.96. The van der Waals surface area contributed by atoms with Gasteiger partial charge in [0.25, 0.3) is 0 Å². The maximum atomic E-state index is 6.14. The minimum absolute atomic E-state index is 0.192. The van der Waals surface area contributed by atoms with Gasteiger partial charge in [-0.05, 0) is 48.7 Å². The summed E-state index contributed by atoms with van der Waals surface area (Å²) in [5.74, 6) is 0.697. The molecule has 3 rings (SSSR count). The van der Waals surface area contributed by atoms with Crippen molar-refractivity contribution >= 4 is 5.69 Å². The number of ether oxygens (including phenoxy) is 1. The zero-order valence-corrected chi connectivity index (χ0v) is 11.8.